The molecule has 12 heavy (non-hydrogen) atoms. The summed E-state index contributed by atoms with van der Waals surface area (Å²) in [5, 5.41) is 11.2. The lowest BCUT2D eigenvalue weighted by Crippen LogP contribution is -1.86. The zero-order valence-electron chi connectivity index (χ0n) is 6.43. The predicted octanol–water partition coefficient (Wildman–Crippen LogP) is 0.835. The van der Waals surface area contributed by atoms with E-state index in [1.807, 2.05) is 0 Å². The first-order valence-corrected chi connectivity index (χ1v) is 3.44. The molecule has 5 nitrogen and oxygen atoms in total. The molecule has 0 saturated carbocycles. The van der Waals surface area contributed by atoms with Crippen LogP contribution >= 0.6 is 0 Å². The van der Waals surface area contributed by atoms with Gasteiger partial charge in [-0.05, 0) is 12.1 Å². The summed E-state index contributed by atoms with van der Waals surface area (Å²) >= 11 is 0. The maximum absolute atomic E-state index is 4.79. The standard InChI is InChI=1S/C7H6N4O/c1-5-9-7(11-12-5)6-3-2-4-8-10-6/h2-4H,1H3. The first kappa shape index (κ1) is 6.90. The average molecular weight is 162 g/mol. The molecule has 0 atom stereocenters. The summed E-state index contributed by atoms with van der Waals surface area (Å²) in [6, 6.07) is 3.55. The van der Waals surface area contributed by atoms with Gasteiger partial charge in [-0.3, -0.25) is 0 Å². The van der Waals surface area contributed by atoms with E-state index in [-0.39, 0.29) is 0 Å². The summed E-state index contributed by atoms with van der Waals surface area (Å²) in [7, 11) is 0. The summed E-state index contributed by atoms with van der Waals surface area (Å²) in [4.78, 5) is 4.00. The van der Waals surface area contributed by atoms with E-state index in [0.717, 1.165) is 0 Å². The fraction of sp³-hybridized carbons (Fsp3) is 0.143. The van der Waals surface area contributed by atoms with E-state index in [1.165, 1.54) is 0 Å². The lowest BCUT2D eigenvalue weighted by atomic mass is 10.4. The van der Waals surface area contributed by atoms with Gasteiger partial charge in [-0.15, -0.1) is 5.10 Å². The molecule has 0 bridgehead atoms. The monoisotopic (exact) mass is 162 g/mol. The molecule has 2 aromatic rings. The Morgan fingerprint density at radius 2 is 2.33 bits per heavy atom. The first-order chi connectivity index (χ1) is 5.86. The molecule has 2 heterocycles. The van der Waals surface area contributed by atoms with Gasteiger partial charge in [0.2, 0.25) is 11.7 Å². The third-order valence-electron chi connectivity index (χ3n) is 1.33. The van der Waals surface area contributed by atoms with Crippen LogP contribution in [0.5, 0.6) is 0 Å². The van der Waals surface area contributed by atoms with E-state index in [4.69, 9.17) is 4.52 Å². The van der Waals surface area contributed by atoms with Gasteiger partial charge in [0, 0.05) is 13.1 Å². The summed E-state index contributed by atoms with van der Waals surface area (Å²) < 4.78 is 4.79. The Bertz CT molecular complexity index is 370. The summed E-state index contributed by atoms with van der Waals surface area (Å²) in [5.41, 5.74) is 0.620. The van der Waals surface area contributed by atoms with Gasteiger partial charge in [0.25, 0.3) is 0 Å². The van der Waals surface area contributed by atoms with Crippen molar-refractivity contribution in [1.82, 2.24) is 20.3 Å². The molecule has 5 heteroatoms. The van der Waals surface area contributed by atoms with Crippen LogP contribution in [0.4, 0.5) is 0 Å². The number of aryl methyl sites for hydroxylation is 1. The van der Waals surface area contributed by atoms with Gasteiger partial charge in [-0.1, -0.05) is 5.16 Å². The van der Waals surface area contributed by atoms with Crippen LogP contribution in [-0.2, 0) is 0 Å². The zero-order chi connectivity index (χ0) is 8.39. The molecular formula is C7H6N4O. The molecule has 0 N–H and O–H groups in total. The SMILES string of the molecule is Cc1nc(-c2cccnn2)no1. The van der Waals surface area contributed by atoms with Gasteiger partial charge in [0.05, 0.1) is 0 Å². The van der Waals surface area contributed by atoms with Crippen LogP contribution in [0.25, 0.3) is 11.5 Å². The van der Waals surface area contributed by atoms with Crippen molar-refractivity contribution in [3.8, 4) is 11.5 Å². The first-order valence-electron chi connectivity index (χ1n) is 3.44. The lowest BCUT2D eigenvalue weighted by molar-refractivity contribution is 0.394. The molecule has 0 aliphatic rings. The molecule has 0 unspecified atom stereocenters. The van der Waals surface area contributed by atoms with Crippen molar-refractivity contribution in [3.63, 3.8) is 0 Å². The average Bonchev–Trinajstić information content (AvgIpc) is 2.54. The smallest absolute Gasteiger partial charge is 0.223 e. The van der Waals surface area contributed by atoms with Crippen molar-refractivity contribution < 1.29 is 4.52 Å². The molecule has 2 rings (SSSR count). The quantitative estimate of drug-likeness (QED) is 0.621. The topological polar surface area (TPSA) is 64.7 Å². The third kappa shape index (κ3) is 1.16. The van der Waals surface area contributed by atoms with Gasteiger partial charge in [-0.2, -0.15) is 10.1 Å². The molecule has 0 saturated heterocycles. The second-order valence-electron chi connectivity index (χ2n) is 2.25. The number of aromatic nitrogens is 4. The molecule has 0 radical (unpaired) electrons. The molecule has 0 fully saturated rings. The molecule has 0 amide bonds. The molecule has 2 aromatic heterocycles. The van der Waals surface area contributed by atoms with Crippen LogP contribution in [-0.4, -0.2) is 20.3 Å². The minimum Gasteiger partial charge on any atom is -0.339 e. The Morgan fingerprint density at radius 1 is 1.42 bits per heavy atom. The van der Waals surface area contributed by atoms with Crippen LogP contribution in [0, 0.1) is 6.92 Å². The van der Waals surface area contributed by atoms with Crippen molar-refractivity contribution >= 4 is 0 Å². The van der Waals surface area contributed by atoms with Gasteiger partial charge < -0.3 is 4.52 Å². The van der Waals surface area contributed by atoms with Crippen LogP contribution in [0.15, 0.2) is 22.9 Å². The van der Waals surface area contributed by atoms with Crippen LogP contribution < -0.4 is 0 Å². The van der Waals surface area contributed by atoms with E-state index in [1.54, 1.807) is 25.3 Å². The van der Waals surface area contributed by atoms with E-state index < -0.39 is 0 Å². The van der Waals surface area contributed by atoms with Crippen LogP contribution in [0.3, 0.4) is 0 Å². The highest BCUT2D eigenvalue weighted by Crippen LogP contribution is 2.09. The van der Waals surface area contributed by atoms with Crippen LogP contribution in [0.2, 0.25) is 0 Å². The third-order valence-corrected chi connectivity index (χ3v) is 1.33. The molecule has 0 spiro atoms. The maximum atomic E-state index is 4.79. The van der Waals surface area contributed by atoms with E-state index in [2.05, 4.69) is 20.3 Å². The summed E-state index contributed by atoms with van der Waals surface area (Å²) in [6.45, 7) is 1.73. The lowest BCUT2D eigenvalue weighted by Gasteiger charge is -1.87. The highest BCUT2D eigenvalue weighted by atomic mass is 16.5. The highest BCUT2D eigenvalue weighted by molar-refractivity contribution is 5.45. The molecule has 0 aliphatic carbocycles. The van der Waals surface area contributed by atoms with Gasteiger partial charge in [0.1, 0.15) is 5.69 Å². The van der Waals surface area contributed by atoms with Crippen molar-refractivity contribution in [1.29, 1.82) is 0 Å². The van der Waals surface area contributed by atoms with E-state index >= 15 is 0 Å². The fourth-order valence-electron chi connectivity index (χ4n) is 0.824. The molecule has 0 aliphatic heterocycles. The number of rotatable bonds is 1. The second kappa shape index (κ2) is 2.69. The van der Waals surface area contributed by atoms with E-state index in [9.17, 15) is 0 Å². The van der Waals surface area contributed by atoms with Crippen molar-refractivity contribution in [2.45, 2.75) is 6.92 Å². The second-order valence-corrected chi connectivity index (χ2v) is 2.25. The minimum absolute atomic E-state index is 0.473. The predicted molar refractivity (Wildman–Crippen MR) is 40.1 cm³/mol. The number of hydrogen-bond acceptors (Lipinski definition) is 5. The van der Waals surface area contributed by atoms with E-state index in [0.29, 0.717) is 17.4 Å². The van der Waals surface area contributed by atoms with Gasteiger partial charge in [0.15, 0.2) is 0 Å². The Labute approximate surface area is 68.4 Å². The fourth-order valence-corrected chi connectivity index (χ4v) is 0.824. The Morgan fingerprint density at radius 3 is 2.92 bits per heavy atom. The largest absolute Gasteiger partial charge is 0.339 e. The summed E-state index contributed by atoms with van der Waals surface area (Å²) in [6.07, 6.45) is 1.59. The summed E-state index contributed by atoms with van der Waals surface area (Å²) in [5.74, 6) is 0.997. The Hall–Kier alpha value is -1.78. The van der Waals surface area contributed by atoms with Crippen molar-refractivity contribution in [3.05, 3.63) is 24.2 Å². The molecule has 0 aromatic carbocycles. The Kier molecular flexibility index (Phi) is 1.55. The molecular weight excluding hydrogens is 156 g/mol. The number of nitrogens with zero attached hydrogens (tertiary/aromatic N) is 4. The van der Waals surface area contributed by atoms with Gasteiger partial charge >= 0.3 is 0 Å². The zero-order valence-corrected chi connectivity index (χ0v) is 6.43. The minimum atomic E-state index is 0.473. The maximum Gasteiger partial charge on any atom is 0.223 e. The highest BCUT2D eigenvalue weighted by Gasteiger charge is 2.05. The number of hydrogen-bond donors (Lipinski definition) is 0. The van der Waals surface area contributed by atoms with Gasteiger partial charge in [-0.25, -0.2) is 0 Å². The molecule has 60 valence electrons. The van der Waals surface area contributed by atoms with Crippen molar-refractivity contribution in [2.24, 2.45) is 0 Å². The normalized spacial score (nSPS) is 10.1. The van der Waals surface area contributed by atoms with Crippen LogP contribution in [0.1, 0.15) is 5.89 Å². The van der Waals surface area contributed by atoms with Crippen molar-refractivity contribution in [2.75, 3.05) is 0 Å². The Balaban J connectivity index is 2.45.